The largest absolute Gasteiger partial charge is 0.373 e. The van der Waals surface area contributed by atoms with Crippen molar-refractivity contribution in [2.75, 3.05) is 13.1 Å². The third-order valence-corrected chi connectivity index (χ3v) is 6.73. The van der Waals surface area contributed by atoms with Gasteiger partial charge in [0.25, 0.3) is 0 Å². The smallest absolute Gasteiger partial charge is 0.0678 e. The van der Waals surface area contributed by atoms with Gasteiger partial charge in [-0.25, -0.2) is 0 Å². The van der Waals surface area contributed by atoms with Crippen molar-refractivity contribution in [3.63, 3.8) is 0 Å². The third kappa shape index (κ3) is 2.72. The van der Waals surface area contributed by atoms with Crippen LogP contribution in [0.5, 0.6) is 0 Å². The van der Waals surface area contributed by atoms with Gasteiger partial charge in [0.2, 0.25) is 0 Å². The van der Waals surface area contributed by atoms with Crippen molar-refractivity contribution < 1.29 is 4.74 Å². The van der Waals surface area contributed by atoms with Crippen LogP contribution in [0.1, 0.15) is 65.0 Å². The Morgan fingerprint density at radius 3 is 2.21 bits per heavy atom. The van der Waals surface area contributed by atoms with Crippen molar-refractivity contribution in [2.45, 2.75) is 83.0 Å². The van der Waals surface area contributed by atoms with Crippen LogP contribution in [0, 0.1) is 5.92 Å². The van der Waals surface area contributed by atoms with Gasteiger partial charge in [0.15, 0.2) is 0 Å². The lowest BCUT2D eigenvalue weighted by molar-refractivity contribution is -0.0820. The highest BCUT2D eigenvalue weighted by molar-refractivity contribution is 5.40. The van der Waals surface area contributed by atoms with Gasteiger partial charge in [-0.2, -0.15) is 0 Å². The summed E-state index contributed by atoms with van der Waals surface area (Å²) in [5.74, 6) is 0.871. The minimum absolute atomic E-state index is 0.247. The first kappa shape index (κ1) is 16.6. The van der Waals surface area contributed by atoms with Crippen molar-refractivity contribution in [3.05, 3.63) is 35.4 Å². The van der Waals surface area contributed by atoms with E-state index in [1.54, 1.807) is 5.56 Å². The third-order valence-electron chi connectivity index (χ3n) is 6.73. The first-order valence-electron chi connectivity index (χ1n) is 9.80. The van der Waals surface area contributed by atoms with Crippen molar-refractivity contribution in [1.82, 2.24) is 4.90 Å². The van der Waals surface area contributed by atoms with Crippen LogP contribution in [-0.2, 0) is 15.6 Å². The van der Waals surface area contributed by atoms with Crippen LogP contribution in [0.4, 0.5) is 0 Å². The van der Waals surface area contributed by atoms with Crippen LogP contribution in [0.25, 0.3) is 0 Å². The molecule has 3 aliphatic rings. The van der Waals surface area contributed by atoms with Crippen LogP contribution < -0.4 is 0 Å². The molecule has 5 atom stereocenters. The lowest BCUT2D eigenvalue weighted by Gasteiger charge is -2.39. The van der Waals surface area contributed by atoms with Gasteiger partial charge in [-0.05, 0) is 55.6 Å². The van der Waals surface area contributed by atoms with Crippen LogP contribution in [0.2, 0.25) is 0 Å². The van der Waals surface area contributed by atoms with Crippen molar-refractivity contribution in [2.24, 2.45) is 5.92 Å². The Morgan fingerprint density at radius 2 is 1.67 bits per heavy atom. The molecule has 24 heavy (non-hydrogen) atoms. The Kier molecular flexibility index (Phi) is 3.85. The molecule has 132 valence electrons. The van der Waals surface area contributed by atoms with E-state index in [1.165, 1.54) is 24.8 Å². The zero-order chi connectivity index (χ0) is 17.1. The minimum atomic E-state index is 0.247. The molecule has 1 aliphatic heterocycles. The predicted octanol–water partition coefficient (Wildman–Crippen LogP) is 4.51. The van der Waals surface area contributed by atoms with Crippen LogP contribution in [-0.4, -0.2) is 36.2 Å². The number of nitrogens with zero attached hydrogens (tertiary/aromatic N) is 1. The maximum atomic E-state index is 5.94. The Morgan fingerprint density at radius 1 is 1.04 bits per heavy atom. The molecule has 2 saturated carbocycles. The van der Waals surface area contributed by atoms with Gasteiger partial charge in [0.1, 0.15) is 0 Å². The molecular formula is C22H33NO. The molecule has 2 aliphatic carbocycles. The van der Waals surface area contributed by atoms with E-state index in [9.17, 15) is 0 Å². The molecular weight excluding hydrogens is 294 g/mol. The summed E-state index contributed by atoms with van der Waals surface area (Å²) in [6, 6.07) is 10.4. The van der Waals surface area contributed by atoms with E-state index in [1.807, 2.05) is 0 Å². The molecule has 0 spiro atoms. The fraction of sp³-hybridized carbons (Fsp3) is 0.727. The van der Waals surface area contributed by atoms with E-state index in [-0.39, 0.29) is 5.41 Å². The molecule has 2 nitrogen and oxygen atoms in total. The first-order valence-corrected chi connectivity index (χ1v) is 9.80. The summed E-state index contributed by atoms with van der Waals surface area (Å²) in [7, 11) is 0. The standard InChI is InChI=1S/C22H33NO/c1-15-13-23(14-16(2)24-15)20-10-11-22(12-19(20)22)18-8-6-17(7-9-18)21(3,4)5/h6-9,15-16,19-20H,10-14H2,1-5H3/t15-,16-,19+,20?,22+/m0/s1. The van der Waals surface area contributed by atoms with Crippen molar-refractivity contribution in [3.8, 4) is 0 Å². The number of fused-ring (bicyclic) bond motifs is 1. The summed E-state index contributed by atoms with van der Waals surface area (Å²) in [4.78, 5) is 2.74. The second-order valence-corrected chi connectivity index (χ2v) is 9.61. The number of hydrogen-bond acceptors (Lipinski definition) is 2. The molecule has 0 N–H and O–H groups in total. The quantitative estimate of drug-likeness (QED) is 0.792. The topological polar surface area (TPSA) is 12.5 Å². The van der Waals surface area contributed by atoms with Crippen LogP contribution in [0.3, 0.4) is 0 Å². The van der Waals surface area contributed by atoms with E-state index in [0.717, 1.165) is 25.0 Å². The predicted molar refractivity (Wildman–Crippen MR) is 99.5 cm³/mol. The maximum Gasteiger partial charge on any atom is 0.0678 e. The van der Waals surface area contributed by atoms with E-state index in [4.69, 9.17) is 4.74 Å². The van der Waals surface area contributed by atoms with E-state index >= 15 is 0 Å². The summed E-state index contributed by atoms with van der Waals surface area (Å²) in [6.45, 7) is 13.6. The molecule has 3 fully saturated rings. The highest BCUT2D eigenvalue weighted by atomic mass is 16.5. The number of ether oxygens (including phenoxy) is 1. The molecule has 0 amide bonds. The molecule has 0 aromatic heterocycles. The highest BCUT2D eigenvalue weighted by Crippen LogP contribution is 2.65. The fourth-order valence-corrected chi connectivity index (χ4v) is 5.44. The number of rotatable bonds is 2. The Labute approximate surface area is 147 Å². The number of hydrogen-bond donors (Lipinski definition) is 0. The Balaban J connectivity index is 1.49. The van der Waals surface area contributed by atoms with Crippen LogP contribution in [0.15, 0.2) is 24.3 Å². The molecule has 1 saturated heterocycles. The molecule has 0 radical (unpaired) electrons. The number of benzene rings is 1. The maximum absolute atomic E-state index is 5.94. The average molecular weight is 328 g/mol. The molecule has 1 aromatic carbocycles. The fourth-order valence-electron chi connectivity index (χ4n) is 5.44. The molecule has 1 unspecified atom stereocenters. The second-order valence-electron chi connectivity index (χ2n) is 9.61. The van der Waals surface area contributed by atoms with Crippen molar-refractivity contribution in [1.29, 1.82) is 0 Å². The first-order chi connectivity index (χ1) is 11.3. The molecule has 1 aromatic rings. The minimum Gasteiger partial charge on any atom is -0.373 e. The summed E-state index contributed by atoms with van der Waals surface area (Å²) in [5.41, 5.74) is 3.78. The molecule has 2 heteroatoms. The van der Waals surface area contributed by atoms with E-state index in [2.05, 4.69) is 63.8 Å². The van der Waals surface area contributed by atoms with E-state index < -0.39 is 0 Å². The van der Waals surface area contributed by atoms with Crippen molar-refractivity contribution >= 4 is 0 Å². The molecule has 1 heterocycles. The van der Waals surface area contributed by atoms with E-state index in [0.29, 0.717) is 17.6 Å². The monoisotopic (exact) mass is 327 g/mol. The van der Waals surface area contributed by atoms with Gasteiger partial charge in [-0.3, -0.25) is 4.90 Å². The summed E-state index contributed by atoms with van der Waals surface area (Å²) in [5, 5.41) is 0. The Bertz CT molecular complexity index is 591. The zero-order valence-electron chi connectivity index (χ0n) is 16.0. The summed E-state index contributed by atoms with van der Waals surface area (Å²) in [6.07, 6.45) is 4.90. The SMILES string of the molecule is C[C@H]1CN(C2CC[C@]3(c4ccc(C(C)(C)C)cc4)C[C@H]23)C[C@H](C)O1. The summed E-state index contributed by atoms with van der Waals surface area (Å²) >= 11 is 0. The van der Waals surface area contributed by atoms with Gasteiger partial charge in [0.05, 0.1) is 12.2 Å². The van der Waals surface area contributed by atoms with Gasteiger partial charge in [-0.15, -0.1) is 0 Å². The van der Waals surface area contributed by atoms with Gasteiger partial charge >= 0.3 is 0 Å². The average Bonchev–Trinajstić information content (AvgIpc) is 3.12. The van der Waals surface area contributed by atoms with Gasteiger partial charge in [0, 0.05) is 24.5 Å². The lowest BCUT2D eigenvalue weighted by Crippen LogP contribution is -2.50. The van der Waals surface area contributed by atoms with Crippen LogP contribution >= 0.6 is 0 Å². The van der Waals surface area contributed by atoms with Gasteiger partial charge in [-0.1, -0.05) is 45.0 Å². The molecule has 4 rings (SSSR count). The normalized spacial score (nSPS) is 39.7. The number of morpholine rings is 1. The Hall–Kier alpha value is -0.860. The van der Waals surface area contributed by atoms with Gasteiger partial charge < -0.3 is 4.74 Å². The zero-order valence-corrected chi connectivity index (χ0v) is 16.0. The summed E-state index contributed by atoms with van der Waals surface area (Å²) < 4.78 is 5.94. The molecule has 0 bridgehead atoms. The highest BCUT2D eigenvalue weighted by Gasteiger charge is 2.63. The lowest BCUT2D eigenvalue weighted by atomic mass is 9.84. The second kappa shape index (κ2) is 5.57.